The lowest BCUT2D eigenvalue weighted by molar-refractivity contribution is 0.0950. The number of aliphatic imine (C=N–C) groups is 1. The second-order valence-electron chi connectivity index (χ2n) is 8.97. The third kappa shape index (κ3) is 4.96. The molecule has 5 rings (SSSR count). The van der Waals surface area contributed by atoms with Crippen molar-refractivity contribution in [3.63, 3.8) is 0 Å². The SMILES string of the molecule is C=Nc1ccc2cc1/C(=C\C)c1cccc(c1F)CNC(=O)c1cccc(c1)S(=O)(=O)Nc1cc-2cnc1OC. The molecule has 1 aromatic heterocycles. The van der Waals surface area contributed by atoms with Crippen LogP contribution in [-0.4, -0.2) is 33.1 Å². The monoisotopic (exact) mass is 556 g/mol. The Labute approximate surface area is 231 Å². The van der Waals surface area contributed by atoms with Gasteiger partial charge < -0.3 is 10.1 Å². The van der Waals surface area contributed by atoms with Gasteiger partial charge in [0.1, 0.15) is 11.5 Å². The van der Waals surface area contributed by atoms with Gasteiger partial charge in [-0.1, -0.05) is 36.4 Å². The van der Waals surface area contributed by atoms with Crippen molar-refractivity contribution in [2.75, 3.05) is 11.8 Å². The topological polar surface area (TPSA) is 110 Å². The highest BCUT2D eigenvalue weighted by molar-refractivity contribution is 7.92. The summed E-state index contributed by atoms with van der Waals surface area (Å²) < 4.78 is 50.4. The molecule has 0 aliphatic carbocycles. The Morgan fingerprint density at radius 2 is 1.82 bits per heavy atom. The van der Waals surface area contributed by atoms with E-state index in [2.05, 4.69) is 26.7 Å². The van der Waals surface area contributed by atoms with Crippen LogP contribution in [0.2, 0.25) is 0 Å². The number of methoxy groups -OCH3 is 1. The number of hydrogen-bond donors (Lipinski definition) is 2. The lowest BCUT2D eigenvalue weighted by Gasteiger charge is -2.17. The van der Waals surface area contributed by atoms with Crippen LogP contribution in [-0.2, 0) is 16.6 Å². The molecule has 202 valence electrons. The normalized spacial score (nSPS) is 15.3. The standard InChI is InChI=1S/C30H25FN4O4S/c1-4-23-24-10-6-8-20(28(24)31)16-33-29(36)19-7-5-9-22(13-19)40(37,38)35-27-15-21(17-34-30(27)39-3)18-11-12-26(32-2)25(23)14-18/h4-15,17,35H,2,16H2,1,3H3,(H,33,36)/b23-4-. The van der Waals surface area contributed by atoms with Gasteiger partial charge >= 0.3 is 0 Å². The highest BCUT2D eigenvalue weighted by Gasteiger charge is 2.22. The number of pyridine rings is 1. The summed E-state index contributed by atoms with van der Waals surface area (Å²) in [5.74, 6) is -0.985. The maximum absolute atomic E-state index is 15.9. The van der Waals surface area contributed by atoms with E-state index in [4.69, 9.17) is 4.74 Å². The van der Waals surface area contributed by atoms with Crippen LogP contribution in [0, 0.1) is 5.82 Å². The Morgan fingerprint density at radius 3 is 2.58 bits per heavy atom. The summed E-state index contributed by atoms with van der Waals surface area (Å²) in [5.41, 5.74) is 3.79. The number of anilines is 1. The van der Waals surface area contributed by atoms with Crippen molar-refractivity contribution in [1.29, 1.82) is 0 Å². The number of fused-ring (bicyclic) bond motifs is 9. The molecular formula is C30H25FN4O4S. The number of aromatic nitrogens is 1. The van der Waals surface area contributed by atoms with Gasteiger partial charge in [-0.25, -0.2) is 17.8 Å². The lowest BCUT2D eigenvalue weighted by atomic mass is 9.92. The van der Waals surface area contributed by atoms with Crippen LogP contribution in [0.4, 0.5) is 15.8 Å². The van der Waals surface area contributed by atoms with Gasteiger partial charge in [0, 0.05) is 40.6 Å². The molecule has 0 unspecified atom stereocenters. The molecule has 0 saturated heterocycles. The molecule has 1 aliphatic rings. The van der Waals surface area contributed by atoms with Crippen LogP contribution in [0.1, 0.15) is 34.0 Å². The number of benzene rings is 3. The maximum atomic E-state index is 15.9. The van der Waals surface area contributed by atoms with Gasteiger partial charge in [0.05, 0.1) is 17.7 Å². The van der Waals surface area contributed by atoms with E-state index in [-0.39, 0.29) is 34.1 Å². The Bertz CT molecular complexity index is 1800. The number of carbonyl (C=O) groups is 1. The molecule has 0 fully saturated rings. The van der Waals surface area contributed by atoms with Crippen molar-refractivity contribution in [2.45, 2.75) is 18.4 Å². The van der Waals surface area contributed by atoms with Crippen LogP contribution < -0.4 is 14.8 Å². The molecule has 1 amide bonds. The minimum Gasteiger partial charge on any atom is -0.480 e. The number of hydrogen-bond acceptors (Lipinski definition) is 6. The number of nitrogens with one attached hydrogen (secondary N) is 2. The van der Waals surface area contributed by atoms with E-state index in [1.54, 1.807) is 55.6 Å². The Balaban J connectivity index is 1.77. The summed E-state index contributed by atoms with van der Waals surface area (Å²) in [7, 11) is -2.76. The van der Waals surface area contributed by atoms with Crippen molar-refractivity contribution in [1.82, 2.24) is 10.3 Å². The van der Waals surface area contributed by atoms with Gasteiger partial charge in [0.2, 0.25) is 5.88 Å². The van der Waals surface area contributed by atoms with E-state index in [0.29, 0.717) is 33.5 Å². The fourth-order valence-corrected chi connectivity index (χ4v) is 5.67. The number of sulfonamides is 1. The van der Waals surface area contributed by atoms with Crippen LogP contribution in [0.25, 0.3) is 16.7 Å². The number of nitrogens with zero attached hydrogens (tertiary/aromatic N) is 2. The van der Waals surface area contributed by atoms with E-state index in [0.717, 1.165) is 0 Å². The maximum Gasteiger partial charge on any atom is 0.262 e. The first-order valence-corrected chi connectivity index (χ1v) is 13.7. The molecule has 1 aliphatic heterocycles. The Kier molecular flexibility index (Phi) is 7.19. The fourth-order valence-electron chi connectivity index (χ4n) is 4.58. The minimum absolute atomic E-state index is 0.0632. The summed E-state index contributed by atoms with van der Waals surface area (Å²) in [5, 5.41) is 2.68. The van der Waals surface area contributed by atoms with Gasteiger partial charge in [-0.3, -0.25) is 14.5 Å². The molecule has 4 aromatic rings. The number of ether oxygens (including phenoxy) is 1. The van der Waals surface area contributed by atoms with E-state index < -0.39 is 21.7 Å². The third-order valence-electron chi connectivity index (χ3n) is 6.58. The Hall–Kier alpha value is -4.83. The van der Waals surface area contributed by atoms with Crippen molar-refractivity contribution >= 4 is 39.6 Å². The second kappa shape index (κ2) is 10.7. The van der Waals surface area contributed by atoms with Crippen molar-refractivity contribution in [2.24, 2.45) is 4.99 Å². The quantitative estimate of drug-likeness (QED) is 0.307. The molecule has 10 heteroatoms. The van der Waals surface area contributed by atoms with Gasteiger partial charge in [-0.2, -0.15) is 0 Å². The first-order chi connectivity index (χ1) is 19.2. The van der Waals surface area contributed by atoms with Crippen LogP contribution in [0.15, 0.2) is 88.9 Å². The first kappa shape index (κ1) is 26.8. The Morgan fingerprint density at radius 1 is 1.02 bits per heavy atom. The summed E-state index contributed by atoms with van der Waals surface area (Å²) in [6.07, 6.45) is 3.33. The molecule has 0 atom stereocenters. The second-order valence-corrected chi connectivity index (χ2v) is 10.7. The van der Waals surface area contributed by atoms with E-state index in [1.807, 2.05) is 6.07 Å². The number of carbonyl (C=O) groups excluding carboxylic acids is 1. The van der Waals surface area contributed by atoms with Crippen molar-refractivity contribution < 1.29 is 22.3 Å². The zero-order valence-electron chi connectivity index (χ0n) is 21.7. The number of rotatable bonds is 2. The molecule has 0 spiro atoms. The van der Waals surface area contributed by atoms with Crippen LogP contribution in [0.3, 0.4) is 0 Å². The van der Waals surface area contributed by atoms with Crippen LogP contribution in [0.5, 0.6) is 5.88 Å². The zero-order valence-corrected chi connectivity index (χ0v) is 22.5. The fraction of sp³-hybridized carbons (Fsp3) is 0.100. The predicted molar refractivity (Wildman–Crippen MR) is 153 cm³/mol. The molecule has 2 heterocycles. The molecule has 40 heavy (non-hydrogen) atoms. The van der Waals surface area contributed by atoms with Gasteiger partial charge in [-0.15, -0.1) is 0 Å². The molecule has 8 bridgehead atoms. The molecule has 8 nitrogen and oxygen atoms in total. The third-order valence-corrected chi connectivity index (χ3v) is 7.95. The van der Waals surface area contributed by atoms with E-state index in [9.17, 15) is 13.2 Å². The van der Waals surface area contributed by atoms with E-state index in [1.165, 1.54) is 31.4 Å². The average molecular weight is 557 g/mol. The molecule has 0 radical (unpaired) electrons. The number of allylic oxidation sites excluding steroid dienone is 1. The zero-order chi connectivity index (χ0) is 28.4. The largest absolute Gasteiger partial charge is 0.480 e. The molecule has 3 aromatic carbocycles. The van der Waals surface area contributed by atoms with Crippen LogP contribution >= 0.6 is 0 Å². The predicted octanol–water partition coefficient (Wildman–Crippen LogP) is 5.72. The smallest absolute Gasteiger partial charge is 0.262 e. The van der Waals surface area contributed by atoms with E-state index >= 15 is 4.39 Å². The minimum atomic E-state index is -4.14. The van der Waals surface area contributed by atoms with Crippen molar-refractivity contribution in [3.05, 3.63) is 107 Å². The number of halogens is 1. The molecular weight excluding hydrogens is 531 g/mol. The van der Waals surface area contributed by atoms with Gasteiger partial charge in [0.25, 0.3) is 15.9 Å². The summed E-state index contributed by atoms with van der Waals surface area (Å²) >= 11 is 0. The van der Waals surface area contributed by atoms with Gasteiger partial charge in [-0.05, 0) is 61.2 Å². The number of amides is 1. The molecule has 0 saturated carbocycles. The van der Waals surface area contributed by atoms with Gasteiger partial charge in [0.15, 0.2) is 0 Å². The lowest BCUT2D eigenvalue weighted by Crippen LogP contribution is -2.24. The summed E-state index contributed by atoms with van der Waals surface area (Å²) in [4.78, 5) is 21.3. The summed E-state index contributed by atoms with van der Waals surface area (Å²) in [6, 6.07) is 17.5. The first-order valence-electron chi connectivity index (χ1n) is 12.3. The highest BCUT2D eigenvalue weighted by Crippen LogP contribution is 2.38. The molecule has 2 N–H and O–H groups in total. The van der Waals surface area contributed by atoms with Crippen molar-refractivity contribution in [3.8, 4) is 17.0 Å². The average Bonchev–Trinajstić information content (AvgIpc) is 2.97. The highest BCUT2D eigenvalue weighted by atomic mass is 32.2. The summed E-state index contributed by atoms with van der Waals surface area (Å²) in [6.45, 7) is 5.36.